The van der Waals surface area contributed by atoms with Crippen LogP contribution in [-0.4, -0.2) is 33.0 Å². The molecular weight excluding hydrogens is 212 g/mol. The van der Waals surface area contributed by atoms with Crippen LogP contribution in [0.25, 0.3) is 11.0 Å². The highest BCUT2D eigenvalue weighted by Crippen LogP contribution is 2.17. The summed E-state index contributed by atoms with van der Waals surface area (Å²) >= 11 is 0. The summed E-state index contributed by atoms with van der Waals surface area (Å²) in [5.41, 5.74) is 2.11. The fourth-order valence-electron chi connectivity index (χ4n) is 2.63. The maximum Gasteiger partial charge on any atom is 0.113 e. The second-order valence-electron chi connectivity index (χ2n) is 5.04. The van der Waals surface area contributed by atoms with E-state index < -0.39 is 0 Å². The normalized spacial score (nSPS) is 22.1. The van der Waals surface area contributed by atoms with Gasteiger partial charge in [-0.05, 0) is 37.4 Å². The summed E-state index contributed by atoms with van der Waals surface area (Å²) in [5, 5.41) is 8.43. The van der Waals surface area contributed by atoms with Gasteiger partial charge in [0.1, 0.15) is 5.52 Å². The number of rotatable bonds is 2. The molecule has 90 valence electrons. The van der Waals surface area contributed by atoms with E-state index in [4.69, 9.17) is 0 Å². The molecule has 4 nitrogen and oxygen atoms in total. The molecule has 1 aromatic carbocycles. The van der Waals surface area contributed by atoms with Gasteiger partial charge in [0.25, 0.3) is 0 Å². The molecule has 1 saturated heterocycles. The van der Waals surface area contributed by atoms with E-state index in [2.05, 4.69) is 28.2 Å². The van der Waals surface area contributed by atoms with E-state index in [-0.39, 0.29) is 0 Å². The molecule has 1 atom stereocenters. The van der Waals surface area contributed by atoms with Crippen molar-refractivity contribution in [1.29, 1.82) is 0 Å². The van der Waals surface area contributed by atoms with Crippen LogP contribution >= 0.6 is 0 Å². The van der Waals surface area contributed by atoms with Crippen LogP contribution in [0.1, 0.15) is 19.8 Å². The Morgan fingerprint density at radius 2 is 2.24 bits per heavy atom. The molecule has 1 aromatic heterocycles. The number of nitrogens with zero attached hydrogens (tertiary/aromatic N) is 4. The van der Waals surface area contributed by atoms with Gasteiger partial charge in [-0.15, -0.1) is 5.10 Å². The fourth-order valence-corrected chi connectivity index (χ4v) is 2.63. The molecule has 1 unspecified atom stereocenters. The predicted molar refractivity (Wildman–Crippen MR) is 67.5 cm³/mol. The second kappa shape index (κ2) is 4.45. The Kier molecular flexibility index (Phi) is 2.81. The molecule has 0 bridgehead atoms. The third-order valence-electron chi connectivity index (χ3n) is 3.50. The molecule has 2 heterocycles. The molecule has 0 amide bonds. The number of hydrogen-bond donors (Lipinski definition) is 0. The van der Waals surface area contributed by atoms with E-state index >= 15 is 0 Å². The zero-order chi connectivity index (χ0) is 11.7. The number of piperidine rings is 1. The summed E-state index contributed by atoms with van der Waals surface area (Å²) in [7, 11) is 0. The van der Waals surface area contributed by atoms with Crippen molar-refractivity contribution in [1.82, 2.24) is 19.9 Å². The van der Waals surface area contributed by atoms with Gasteiger partial charge in [-0.2, -0.15) is 0 Å². The summed E-state index contributed by atoms with van der Waals surface area (Å²) in [5.74, 6) is 0.804. The lowest BCUT2D eigenvalue weighted by atomic mass is 10.0. The second-order valence-corrected chi connectivity index (χ2v) is 5.04. The quantitative estimate of drug-likeness (QED) is 0.792. The minimum atomic E-state index is 0.804. The van der Waals surface area contributed by atoms with Crippen LogP contribution in [0.4, 0.5) is 0 Å². The number of aromatic nitrogens is 3. The molecule has 4 heteroatoms. The molecular formula is C13H18N4. The lowest BCUT2D eigenvalue weighted by Gasteiger charge is -2.30. The molecule has 0 N–H and O–H groups in total. The summed E-state index contributed by atoms with van der Waals surface area (Å²) < 4.78 is 2.01. The van der Waals surface area contributed by atoms with Gasteiger partial charge < -0.3 is 0 Å². The Morgan fingerprint density at radius 1 is 1.35 bits per heavy atom. The molecule has 0 saturated carbocycles. The van der Waals surface area contributed by atoms with Crippen molar-refractivity contribution >= 4 is 11.0 Å². The van der Waals surface area contributed by atoms with Crippen molar-refractivity contribution in [2.45, 2.75) is 26.4 Å². The van der Waals surface area contributed by atoms with Crippen LogP contribution in [0.15, 0.2) is 24.3 Å². The first-order valence-corrected chi connectivity index (χ1v) is 6.33. The van der Waals surface area contributed by atoms with Crippen molar-refractivity contribution < 1.29 is 0 Å². The van der Waals surface area contributed by atoms with Crippen molar-refractivity contribution in [3.05, 3.63) is 24.3 Å². The summed E-state index contributed by atoms with van der Waals surface area (Å²) in [6, 6.07) is 8.14. The van der Waals surface area contributed by atoms with Crippen molar-refractivity contribution in [3.63, 3.8) is 0 Å². The highest BCUT2D eigenvalue weighted by molar-refractivity contribution is 5.73. The molecule has 17 heavy (non-hydrogen) atoms. The zero-order valence-corrected chi connectivity index (χ0v) is 10.2. The summed E-state index contributed by atoms with van der Waals surface area (Å²) in [4.78, 5) is 2.47. The Labute approximate surface area is 101 Å². The van der Waals surface area contributed by atoms with E-state index in [9.17, 15) is 0 Å². The molecule has 1 aliphatic rings. The monoisotopic (exact) mass is 230 g/mol. The van der Waals surface area contributed by atoms with Crippen LogP contribution in [-0.2, 0) is 6.67 Å². The first kappa shape index (κ1) is 10.7. The van der Waals surface area contributed by atoms with E-state index in [1.165, 1.54) is 25.9 Å². The van der Waals surface area contributed by atoms with Crippen molar-refractivity contribution in [2.24, 2.45) is 5.92 Å². The first-order valence-electron chi connectivity index (χ1n) is 6.33. The number of benzene rings is 1. The molecule has 3 rings (SSSR count). The highest BCUT2D eigenvalue weighted by atomic mass is 15.5. The van der Waals surface area contributed by atoms with Crippen LogP contribution in [0.5, 0.6) is 0 Å². The largest absolute Gasteiger partial charge is 0.284 e. The van der Waals surface area contributed by atoms with E-state index in [1.54, 1.807) is 0 Å². The maximum absolute atomic E-state index is 4.24. The Balaban J connectivity index is 1.80. The standard InChI is InChI=1S/C13H18N4/c1-11-5-4-8-16(9-11)10-17-13-7-3-2-6-12(13)14-15-17/h2-3,6-7,11H,4-5,8-10H2,1H3. The average Bonchev–Trinajstić information content (AvgIpc) is 2.73. The fraction of sp³-hybridized carbons (Fsp3) is 0.538. The zero-order valence-electron chi connectivity index (χ0n) is 10.2. The topological polar surface area (TPSA) is 34.0 Å². The number of likely N-dealkylation sites (tertiary alicyclic amines) is 1. The molecule has 0 spiro atoms. The SMILES string of the molecule is CC1CCCN(Cn2nnc3ccccc32)C1. The van der Waals surface area contributed by atoms with Crippen LogP contribution in [0.3, 0.4) is 0 Å². The third kappa shape index (κ3) is 2.17. The molecule has 1 aliphatic heterocycles. The Morgan fingerprint density at radius 3 is 3.12 bits per heavy atom. The maximum atomic E-state index is 4.24. The van der Waals surface area contributed by atoms with Crippen LogP contribution in [0, 0.1) is 5.92 Å². The summed E-state index contributed by atoms with van der Waals surface area (Å²) in [6.45, 7) is 5.54. The van der Waals surface area contributed by atoms with Crippen LogP contribution < -0.4 is 0 Å². The smallest absolute Gasteiger partial charge is 0.113 e. The lowest BCUT2D eigenvalue weighted by Crippen LogP contribution is -2.35. The lowest BCUT2D eigenvalue weighted by molar-refractivity contribution is 0.140. The van der Waals surface area contributed by atoms with Gasteiger partial charge in [0, 0.05) is 6.54 Å². The van der Waals surface area contributed by atoms with Gasteiger partial charge in [0.2, 0.25) is 0 Å². The molecule has 0 aliphatic carbocycles. The van der Waals surface area contributed by atoms with Crippen LogP contribution in [0.2, 0.25) is 0 Å². The highest BCUT2D eigenvalue weighted by Gasteiger charge is 2.17. The molecule has 0 radical (unpaired) electrons. The first-order chi connectivity index (χ1) is 8.33. The molecule has 1 fully saturated rings. The minimum absolute atomic E-state index is 0.804. The van der Waals surface area contributed by atoms with E-state index in [0.717, 1.165) is 23.6 Å². The predicted octanol–water partition coefficient (Wildman–Crippen LogP) is 2.12. The number of fused-ring (bicyclic) bond motifs is 1. The Hall–Kier alpha value is -1.42. The van der Waals surface area contributed by atoms with Gasteiger partial charge in [-0.3, -0.25) is 4.90 Å². The molecule has 2 aromatic rings. The Bertz CT molecular complexity index is 505. The number of para-hydroxylation sites is 1. The van der Waals surface area contributed by atoms with Gasteiger partial charge in [-0.25, -0.2) is 4.68 Å². The van der Waals surface area contributed by atoms with E-state index in [0.29, 0.717) is 0 Å². The van der Waals surface area contributed by atoms with Crippen molar-refractivity contribution in [2.75, 3.05) is 13.1 Å². The van der Waals surface area contributed by atoms with Gasteiger partial charge in [-0.1, -0.05) is 24.3 Å². The minimum Gasteiger partial charge on any atom is -0.284 e. The van der Waals surface area contributed by atoms with Crippen molar-refractivity contribution in [3.8, 4) is 0 Å². The van der Waals surface area contributed by atoms with Gasteiger partial charge >= 0.3 is 0 Å². The number of hydrogen-bond acceptors (Lipinski definition) is 3. The van der Waals surface area contributed by atoms with Gasteiger partial charge in [0.15, 0.2) is 0 Å². The third-order valence-corrected chi connectivity index (χ3v) is 3.50. The summed E-state index contributed by atoms with van der Waals surface area (Å²) in [6.07, 6.45) is 2.66. The van der Waals surface area contributed by atoms with E-state index in [1.807, 2.05) is 22.9 Å². The van der Waals surface area contributed by atoms with Gasteiger partial charge in [0.05, 0.1) is 12.2 Å². The average molecular weight is 230 g/mol.